The lowest BCUT2D eigenvalue weighted by molar-refractivity contribution is -0.125. The van der Waals surface area contributed by atoms with E-state index in [0.717, 1.165) is 37.0 Å². The van der Waals surface area contributed by atoms with Gasteiger partial charge in [-0.2, -0.15) is 0 Å². The molecule has 1 saturated carbocycles. The lowest BCUT2D eigenvalue weighted by Crippen LogP contribution is -2.44. The van der Waals surface area contributed by atoms with Gasteiger partial charge < -0.3 is 21.1 Å². The van der Waals surface area contributed by atoms with Crippen LogP contribution >= 0.6 is 0 Å². The summed E-state index contributed by atoms with van der Waals surface area (Å²) >= 11 is 0. The number of methoxy groups -OCH3 is 1. The van der Waals surface area contributed by atoms with Crippen LogP contribution in [0, 0.1) is 0 Å². The third-order valence-corrected chi connectivity index (χ3v) is 4.49. The van der Waals surface area contributed by atoms with E-state index in [1.54, 1.807) is 7.11 Å². The first kappa shape index (κ1) is 17.3. The summed E-state index contributed by atoms with van der Waals surface area (Å²) in [6, 6.07) is 7.98. The van der Waals surface area contributed by atoms with Crippen LogP contribution < -0.4 is 21.1 Å². The number of nitrogens with one attached hydrogen (secondary N) is 2. The number of para-hydroxylation sites is 1. The van der Waals surface area contributed by atoms with Crippen LogP contribution in [0.2, 0.25) is 0 Å². The predicted octanol–water partition coefficient (Wildman–Crippen LogP) is 0.698. The molecule has 1 aliphatic carbocycles. The second-order valence-corrected chi connectivity index (χ2v) is 5.95. The van der Waals surface area contributed by atoms with E-state index < -0.39 is 0 Å². The Morgan fingerprint density at radius 3 is 2.52 bits per heavy atom. The Balaban J connectivity index is 2.04. The summed E-state index contributed by atoms with van der Waals surface area (Å²) in [7, 11) is 1.67. The number of benzene rings is 1. The Bertz CT molecular complexity index is 554. The van der Waals surface area contributed by atoms with E-state index in [1.807, 2.05) is 18.2 Å². The van der Waals surface area contributed by atoms with Crippen LogP contribution in [0.25, 0.3) is 0 Å². The molecule has 0 bridgehead atoms. The Morgan fingerprint density at radius 2 is 1.87 bits per heavy atom. The van der Waals surface area contributed by atoms with Crippen molar-refractivity contribution in [2.24, 2.45) is 5.73 Å². The molecule has 0 aromatic heterocycles. The van der Waals surface area contributed by atoms with Gasteiger partial charge in [0.1, 0.15) is 5.75 Å². The van der Waals surface area contributed by atoms with Gasteiger partial charge in [0.2, 0.25) is 11.8 Å². The van der Waals surface area contributed by atoms with Gasteiger partial charge in [0.05, 0.1) is 20.2 Å². The smallest absolute Gasteiger partial charge is 0.239 e. The van der Waals surface area contributed by atoms with Crippen LogP contribution in [0.3, 0.4) is 0 Å². The zero-order valence-corrected chi connectivity index (χ0v) is 13.6. The maximum Gasteiger partial charge on any atom is 0.239 e. The molecule has 2 rings (SSSR count). The molecule has 2 amide bonds. The molecule has 1 aromatic rings. The quantitative estimate of drug-likeness (QED) is 0.689. The van der Waals surface area contributed by atoms with E-state index >= 15 is 0 Å². The summed E-state index contributed by atoms with van der Waals surface area (Å²) in [6.45, 7) is 0.390. The van der Waals surface area contributed by atoms with Crippen molar-refractivity contribution in [2.75, 3.05) is 26.7 Å². The molecule has 1 fully saturated rings. The number of rotatable bonds is 7. The van der Waals surface area contributed by atoms with E-state index in [9.17, 15) is 9.59 Å². The van der Waals surface area contributed by atoms with Crippen molar-refractivity contribution in [3.05, 3.63) is 29.8 Å². The van der Waals surface area contributed by atoms with E-state index in [4.69, 9.17) is 10.5 Å². The van der Waals surface area contributed by atoms with Crippen LogP contribution in [-0.2, 0) is 15.0 Å². The first-order chi connectivity index (χ1) is 11.1. The van der Waals surface area contributed by atoms with Gasteiger partial charge in [-0.15, -0.1) is 0 Å². The highest BCUT2D eigenvalue weighted by molar-refractivity contribution is 5.85. The molecule has 1 aliphatic rings. The van der Waals surface area contributed by atoms with Crippen molar-refractivity contribution < 1.29 is 14.3 Å². The zero-order chi connectivity index (χ0) is 16.7. The lowest BCUT2D eigenvalue weighted by atomic mass is 9.78. The van der Waals surface area contributed by atoms with Crippen LogP contribution in [0.4, 0.5) is 0 Å². The van der Waals surface area contributed by atoms with Gasteiger partial charge >= 0.3 is 0 Å². The SMILES string of the molecule is COc1ccccc1C1(CNC(=O)CNC(=O)CN)CCCC1. The second kappa shape index (κ2) is 7.97. The Hall–Kier alpha value is -2.08. The third-order valence-electron chi connectivity index (χ3n) is 4.49. The van der Waals surface area contributed by atoms with Gasteiger partial charge in [0.25, 0.3) is 0 Å². The maximum absolute atomic E-state index is 12.0. The van der Waals surface area contributed by atoms with Gasteiger partial charge in [-0.05, 0) is 18.9 Å². The van der Waals surface area contributed by atoms with Crippen molar-refractivity contribution in [2.45, 2.75) is 31.1 Å². The lowest BCUT2D eigenvalue weighted by Gasteiger charge is -2.31. The standard InChI is InChI=1S/C17H25N3O3/c1-23-14-7-3-2-6-13(14)17(8-4-5-9-17)12-20-16(22)11-19-15(21)10-18/h2-3,6-7H,4-5,8-12,18H2,1H3,(H,19,21)(H,20,22). The molecule has 6 heteroatoms. The first-order valence-corrected chi connectivity index (χ1v) is 7.98. The van der Waals surface area contributed by atoms with E-state index in [2.05, 4.69) is 16.7 Å². The Labute approximate surface area is 136 Å². The number of ether oxygens (including phenoxy) is 1. The number of nitrogens with two attached hydrogens (primary N) is 1. The molecule has 1 aromatic carbocycles. The van der Waals surface area contributed by atoms with Crippen molar-refractivity contribution >= 4 is 11.8 Å². The summed E-state index contributed by atoms with van der Waals surface area (Å²) in [5.41, 5.74) is 6.25. The summed E-state index contributed by atoms with van der Waals surface area (Å²) in [6.07, 6.45) is 4.31. The fraction of sp³-hybridized carbons (Fsp3) is 0.529. The fourth-order valence-corrected chi connectivity index (χ4v) is 3.26. The Kier molecular flexibility index (Phi) is 5.98. The van der Waals surface area contributed by atoms with Crippen molar-refractivity contribution in [3.8, 4) is 5.75 Å². The van der Waals surface area contributed by atoms with Crippen molar-refractivity contribution in [1.29, 1.82) is 0 Å². The molecule has 0 atom stereocenters. The minimum absolute atomic E-state index is 0.0436. The van der Waals surface area contributed by atoms with Crippen LogP contribution in [-0.4, -0.2) is 38.6 Å². The van der Waals surface area contributed by atoms with E-state index in [-0.39, 0.29) is 30.3 Å². The zero-order valence-electron chi connectivity index (χ0n) is 13.6. The highest BCUT2D eigenvalue weighted by atomic mass is 16.5. The highest BCUT2D eigenvalue weighted by Gasteiger charge is 2.37. The molecule has 0 unspecified atom stereocenters. The van der Waals surface area contributed by atoms with Gasteiger partial charge in [0.15, 0.2) is 0 Å². The van der Waals surface area contributed by atoms with Crippen LogP contribution in [0.15, 0.2) is 24.3 Å². The molecule has 126 valence electrons. The monoisotopic (exact) mass is 319 g/mol. The summed E-state index contributed by atoms with van der Waals surface area (Å²) in [5.74, 6) is 0.327. The van der Waals surface area contributed by atoms with Crippen molar-refractivity contribution in [3.63, 3.8) is 0 Å². The molecule has 6 nitrogen and oxygen atoms in total. The average molecular weight is 319 g/mol. The molecular formula is C17H25N3O3. The molecule has 0 heterocycles. The number of hydrogen-bond acceptors (Lipinski definition) is 4. The minimum atomic E-state index is -0.333. The maximum atomic E-state index is 12.0. The van der Waals surface area contributed by atoms with Gasteiger partial charge in [-0.25, -0.2) is 0 Å². The minimum Gasteiger partial charge on any atom is -0.496 e. The summed E-state index contributed by atoms with van der Waals surface area (Å²) in [5, 5.41) is 5.43. The largest absolute Gasteiger partial charge is 0.496 e. The van der Waals surface area contributed by atoms with E-state index in [1.165, 1.54) is 0 Å². The normalized spacial score (nSPS) is 15.9. The van der Waals surface area contributed by atoms with Gasteiger partial charge in [-0.1, -0.05) is 31.0 Å². The first-order valence-electron chi connectivity index (χ1n) is 7.98. The molecule has 0 aliphatic heterocycles. The van der Waals surface area contributed by atoms with Crippen LogP contribution in [0.5, 0.6) is 5.75 Å². The molecular weight excluding hydrogens is 294 g/mol. The van der Waals surface area contributed by atoms with Gasteiger partial charge in [0, 0.05) is 17.5 Å². The van der Waals surface area contributed by atoms with Crippen molar-refractivity contribution in [1.82, 2.24) is 10.6 Å². The van der Waals surface area contributed by atoms with E-state index in [0.29, 0.717) is 6.54 Å². The third kappa shape index (κ3) is 4.22. The van der Waals surface area contributed by atoms with Gasteiger partial charge in [-0.3, -0.25) is 9.59 Å². The predicted molar refractivity (Wildman–Crippen MR) is 88.2 cm³/mol. The molecule has 0 saturated heterocycles. The fourth-order valence-electron chi connectivity index (χ4n) is 3.26. The molecule has 23 heavy (non-hydrogen) atoms. The Morgan fingerprint density at radius 1 is 1.17 bits per heavy atom. The summed E-state index contributed by atoms with van der Waals surface area (Å²) < 4.78 is 5.50. The van der Waals surface area contributed by atoms with Crippen LogP contribution in [0.1, 0.15) is 31.2 Å². The molecule has 0 radical (unpaired) electrons. The number of carbonyl (C=O) groups excluding carboxylic acids is 2. The second-order valence-electron chi connectivity index (χ2n) is 5.95. The number of carbonyl (C=O) groups is 2. The molecule has 4 N–H and O–H groups in total. The number of hydrogen-bond donors (Lipinski definition) is 3. The average Bonchev–Trinajstić information content (AvgIpc) is 3.07. The number of amides is 2. The highest BCUT2D eigenvalue weighted by Crippen LogP contribution is 2.44. The topological polar surface area (TPSA) is 93.5 Å². The summed E-state index contributed by atoms with van der Waals surface area (Å²) in [4.78, 5) is 23.1. The molecule has 0 spiro atoms.